The van der Waals surface area contributed by atoms with Gasteiger partial charge >= 0.3 is 6.03 Å². The number of nitrogens with one attached hydrogen (secondary N) is 1. The number of para-hydroxylation sites is 1. The number of phenolic OH excluding ortho intramolecular Hbond substituents is 2. The van der Waals surface area contributed by atoms with Crippen molar-refractivity contribution >= 4 is 17.8 Å². The molecule has 240 valence electrons. The Bertz CT molecular complexity index is 1760. The van der Waals surface area contributed by atoms with Crippen molar-refractivity contribution in [1.29, 1.82) is 0 Å². The maximum atomic E-state index is 14.3. The maximum absolute atomic E-state index is 14.3. The fourth-order valence-corrected chi connectivity index (χ4v) is 6.33. The third kappa shape index (κ3) is 6.83. The van der Waals surface area contributed by atoms with Gasteiger partial charge in [-0.1, -0.05) is 84.9 Å². The van der Waals surface area contributed by atoms with Crippen LogP contribution in [0.5, 0.6) is 11.5 Å². The largest absolute Gasteiger partial charge is 0.508 e. The van der Waals surface area contributed by atoms with Gasteiger partial charge < -0.3 is 25.3 Å². The zero-order chi connectivity index (χ0) is 32.9. The quantitative estimate of drug-likeness (QED) is 0.234. The molecular formula is C37H37N5O5. The summed E-state index contributed by atoms with van der Waals surface area (Å²) in [7, 11) is 0. The zero-order valence-electron chi connectivity index (χ0n) is 25.9. The summed E-state index contributed by atoms with van der Waals surface area (Å²) >= 11 is 0. The first-order valence-electron chi connectivity index (χ1n) is 15.5. The second-order valence-electron chi connectivity index (χ2n) is 11.7. The lowest BCUT2D eigenvalue weighted by Gasteiger charge is -2.55. The van der Waals surface area contributed by atoms with Crippen molar-refractivity contribution in [2.24, 2.45) is 0 Å². The summed E-state index contributed by atoms with van der Waals surface area (Å²) in [6.07, 6.45) is 1.06. The Hall–Kier alpha value is -5.61. The van der Waals surface area contributed by atoms with Crippen LogP contribution < -0.4 is 5.32 Å². The molecule has 6 rings (SSSR count). The summed E-state index contributed by atoms with van der Waals surface area (Å²) in [5, 5.41) is 26.5. The van der Waals surface area contributed by atoms with Crippen molar-refractivity contribution in [3.8, 4) is 22.6 Å². The highest BCUT2D eigenvalue weighted by molar-refractivity contribution is 5.91. The number of phenols is 2. The number of hydrogen-bond acceptors (Lipinski definition) is 6. The molecule has 2 fully saturated rings. The van der Waals surface area contributed by atoms with Crippen molar-refractivity contribution in [2.45, 2.75) is 31.7 Å². The van der Waals surface area contributed by atoms with Crippen molar-refractivity contribution in [3.05, 3.63) is 132 Å². The molecule has 10 nitrogen and oxygen atoms in total. The van der Waals surface area contributed by atoms with E-state index in [4.69, 9.17) is 0 Å². The summed E-state index contributed by atoms with van der Waals surface area (Å²) in [6.45, 7) is 4.61. The van der Waals surface area contributed by atoms with E-state index in [1.54, 1.807) is 62.3 Å². The van der Waals surface area contributed by atoms with Crippen molar-refractivity contribution < 1.29 is 24.6 Å². The molecule has 0 spiro atoms. The molecule has 0 aromatic heterocycles. The monoisotopic (exact) mass is 631 g/mol. The number of amides is 4. The Kier molecular flexibility index (Phi) is 9.21. The number of rotatable bonds is 9. The highest BCUT2D eigenvalue weighted by atomic mass is 16.3. The molecule has 4 amide bonds. The van der Waals surface area contributed by atoms with Gasteiger partial charge in [-0.05, 0) is 46.5 Å². The molecule has 47 heavy (non-hydrogen) atoms. The topological polar surface area (TPSA) is 117 Å². The number of carbonyl (C=O) groups excluding carboxylic acids is 3. The summed E-state index contributed by atoms with van der Waals surface area (Å²) in [5.74, 6) is -0.244. The smallest absolute Gasteiger partial charge is 0.334 e. The van der Waals surface area contributed by atoms with Crippen LogP contribution in [0.3, 0.4) is 0 Å². The minimum atomic E-state index is -0.887. The van der Waals surface area contributed by atoms with Gasteiger partial charge in [0.1, 0.15) is 23.7 Å². The Morgan fingerprint density at radius 3 is 2.34 bits per heavy atom. The van der Waals surface area contributed by atoms with Crippen LogP contribution in [0.2, 0.25) is 0 Å². The van der Waals surface area contributed by atoms with Crippen molar-refractivity contribution in [1.82, 2.24) is 25.1 Å². The van der Waals surface area contributed by atoms with E-state index >= 15 is 0 Å². The Balaban J connectivity index is 1.35. The van der Waals surface area contributed by atoms with Crippen molar-refractivity contribution in [3.63, 3.8) is 0 Å². The van der Waals surface area contributed by atoms with Gasteiger partial charge in [0.2, 0.25) is 11.8 Å². The predicted octanol–water partition coefficient (Wildman–Crippen LogP) is 4.50. The second kappa shape index (κ2) is 13.8. The SMILES string of the molecule is C=CCN1CC(=O)N2C(Cc3ccc(O)cc3)C(=O)N(Cc3cccc(-c4ccccc4O)c3)CC2N1C(=O)NCc1ccccc1. The van der Waals surface area contributed by atoms with Crippen LogP contribution in [0.4, 0.5) is 4.79 Å². The normalized spacial score (nSPS) is 18.2. The first-order chi connectivity index (χ1) is 22.8. The van der Waals surface area contributed by atoms with E-state index in [1.165, 1.54) is 0 Å². The van der Waals surface area contributed by atoms with Crippen LogP contribution in [-0.4, -0.2) is 79.7 Å². The number of piperazine rings is 1. The van der Waals surface area contributed by atoms with Crippen LogP contribution in [0.25, 0.3) is 11.1 Å². The van der Waals surface area contributed by atoms with E-state index in [1.807, 2.05) is 66.7 Å². The molecule has 2 aliphatic rings. The van der Waals surface area contributed by atoms with Gasteiger partial charge in [-0.25, -0.2) is 14.8 Å². The molecule has 4 aromatic carbocycles. The molecule has 2 atom stereocenters. The van der Waals surface area contributed by atoms with Crippen LogP contribution in [0, 0.1) is 0 Å². The Labute approximate surface area is 273 Å². The highest BCUT2D eigenvalue weighted by Gasteiger charge is 2.51. The van der Waals surface area contributed by atoms with E-state index in [0.29, 0.717) is 5.56 Å². The molecule has 0 aliphatic carbocycles. The molecule has 0 saturated carbocycles. The van der Waals surface area contributed by atoms with E-state index in [0.717, 1.165) is 22.3 Å². The Morgan fingerprint density at radius 2 is 1.60 bits per heavy atom. The first-order valence-corrected chi connectivity index (χ1v) is 15.5. The molecular weight excluding hydrogens is 594 g/mol. The third-order valence-electron chi connectivity index (χ3n) is 8.55. The fourth-order valence-electron chi connectivity index (χ4n) is 6.33. The van der Waals surface area contributed by atoms with E-state index < -0.39 is 18.2 Å². The first kappa shape index (κ1) is 31.4. The molecule has 2 heterocycles. The molecule has 2 aliphatic heterocycles. The maximum Gasteiger partial charge on any atom is 0.334 e. The van der Waals surface area contributed by atoms with Gasteiger partial charge in [0.15, 0.2) is 0 Å². The minimum Gasteiger partial charge on any atom is -0.508 e. The van der Waals surface area contributed by atoms with Crippen LogP contribution >= 0.6 is 0 Å². The van der Waals surface area contributed by atoms with Crippen molar-refractivity contribution in [2.75, 3.05) is 19.6 Å². The number of aromatic hydroxyl groups is 2. The standard InChI is InChI=1S/C37H37N5O5/c1-2-19-40-25-35(45)41-32(21-26-15-17-30(43)18-16-26)36(46)39(23-28-11-8-12-29(20-28)31-13-6-7-14-33(31)44)24-34(41)42(40)37(47)38-22-27-9-4-3-5-10-27/h2-18,20,32,34,43-44H,1,19,21-25H2,(H,38,47). The van der Waals surface area contributed by atoms with Gasteiger partial charge in [0.25, 0.3) is 0 Å². The number of benzene rings is 4. The summed E-state index contributed by atoms with van der Waals surface area (Å²) in [4.78, 5) is 45.3. The van der Waals surface area contributed by atoms with Gasteiger partial charge in [0.05, 0.1) is 13.1 Å². The summed E-state index contributed by atoms with van der Waals surface area (Å²) in [5.41, 5.74) is 4.01. The lowest BCUT2D eigenvalue weighted by Crippen LogP contribution is -2.76. The number of hydrazine groups is 1. The minimum absolute atomic E-state index is 0.0872. The molecule has 0 bridgehead atoms. The average Bonchev–Trinajstić information content (AvgIpc) is 3.07. The van der Waals surface area contributed by atoms with Gasteiger partial charge in [-0.2, -0.15) is 0 Å². The average molecular weight is 632 g/mol. The number of carbonyl (C=O) groups is 3. The van der Waals surface area contributed by atoms with Crippen LogP contribution in [0.1, 0.15) is 16.7 Å². The second-order valence-corrected chi connectivity index (χ2v) is 11.7. The van der Waals surface area contributed by atoms with Gasteiger partial charge in [0, 0.05) is 31.6 Å². The molecule has 4 aromatic rings. The zero-order valence-corrected chi connectivity index (χ0v) is 25.9. The van der Waals surface area contributed by atoms with E-state index in [2.05, 4.69) is 11.9 Å². The summed E-state index contributed by atoms with van der Waals surface area (Å²) < 4.78 is 0. The molecule has 3 N–H and O–H groups in total. The predicted molar refractivity (Wildman–Crippen MR) is 177 cm³/mol. The number of nitrogens with zero attached hydrogens (tertiary/aromatic N) is 4. The third-order valence-corrected chi connectivity index (χ3v) is 8.55. The molecule has 2 unspecified atom stereocenters. The van der Waals surface area contributed by atoms with E-state index in [-0.39, 0.29) is 62.5 Å². The molecule has 10 heteroatoms. The van der Waals surface area contributed by atoms with Crippen LogP contribution in [0.15, 0.2) is 116 Å². The molecule has 2 saturated heterocycles. The lowest BCUT2D eigenvalue weighted by atomic mass is 9.97. The number of fused-ring (bicyclic) bond motifs is 1. The molecule has 0 radical (unpaired) electrons. The number of urea groups is 1. The van der Waals surface area contributed by atoms with E-state index in [9.17, 15) is 24.6 Å². The van der Waals surface area contributed by atoms with Crippen LogP contribution in [-0.2, 0) is 29.1 Å². The highest BCUT2D eigenvalue weighted by Crippen LogP contribution is 2.32. The van der Waals surface area contributed by atoms with Gasteiger partial charge in [-0.3, -0.25) is 9.59 Å². The Morgan fingerprint density at radius 1 is 0.872 bits per heavy atom. The van der Waals surface area contributed by atoms with Gasteiger partial charge in [-0.15, -0.1) is 6.58 Å². The number of hydrogen-bond donors (Lipinski definition) is 3. The fraction of sp³-hybridized carbons (Fsp3) is 0.216. The lowest BCUT2D eigenvalue weighted by molar-refractivity contribution is -0.189. The summed E-state index contributed by atoms with van der Waals surface area (Å²) in [6, 6.07) is 29.6.